The van der Waals surface area contributed by atoms with Crippen LogP contribution in [-0.2, 0) is 6.54 Å². The van der Waals surface area contributed by atoms with Gasteiger partial charge in [0.15, 0.2) is 0 Å². The summed E-state index contributed by atoms with van der Waals surface area (Å²) in [6.07, 6.45) is 1.37. The van der Waals surface area contributed by atoms with Crippen LogP contribution in [0.2, 0.25) is 0 Å². The van der Waals surface area contributed by atoms with Crippen LogP contribution in [0.3, 0.4) is 0 Å². The van der Waals surface area contributed by atoms with E-state index in [1.54, 1.807) is 0 Å². The number of hydrogen-bond donors (Lipinski definition) is 0. The highest BCUT2D eigenvalue weighted by molar-refractivity contribution is 9.10. The highest BCUT2D eigenvalue weighted by atomic mass is 79.9. The Balaban J connectivity index is 2.14. The molecular weight excluding hydrogens is 226 g/mol. The Labute approximate surface area is 87.9 Å². The third-order valence-corrected chi connectivity index (χ3v) is 3.58. The molecule has 1 aromatic carbocycles. The Hall–Kier alpha value is -0.340. The van der Waals surface area contributed by atoms with E-state index in [1.165, 1.54) is 35.1 Å². The van der Waals surface area contributed by atoms with E-state index in [1.807, 2.05) is 0 Å². The minimum absolute atomic E-state index is 1.12. The number of nitrogens with zero attached hydrogens (tertiary/aromatic N) is 1. The molecule has 0 bridgehead atoms. The van der Waals surface area contributed by atoms with Crippen molar-refractivity contribution in [1.29, 1.82) is 0 Å². The van der Waals surface area contributed by atoms with Crippen molar-refractivity contribution >= 4 is 15.9 Å². The molecule has 0 amide bonds. The van der Waals surface area contributed by atoms with E-state index in [2.05, 4.69) is 46.0 Å². The van der Waals surface area contributed by atoms with Crippen LogP contribution in [0.25, 0.3) is 0 Å². The molecule has 0 atom stereocenters. The van der Waals surface area contributed by atoms with Crippen LogP contribution in [0.5, 0.6) is 0 Å². The van der Waals surface area contributed by atoms with Gasteiger partial charge in [0.2, 0.25) is 0 Å². The van der Waals surface area contributed by atoms with E-state index in [4.69, 9.17) is 0 Å². The first kappa shape index (κ1) is 9.22. The van der Waals surface area contributed by atoms with Gasteiger partial charge in [-0.15, -0.1) is 0 Å². The predicted molar refractivity (Wildman–Crippen MR) is 58.8 cm³/mol. The molecule has 1 saturated heterocycles. The summed E-state index contributed by atoms with van der Waals surface area (Å²) in [4.78, 5) is 2.48. The molecule has 0 aliphatic carbocycles. The quantitative estimate of drug-likeness (QED) is 0.768. The molecule has 1 nitrogen and oxygen atoms in total. The summed E-state index contributed by atoms with van der Waals surface area (Å²) in [6, 6.07) is 6.44. The van der Waals surface area contributed by atoms with Crippen molar-refractivity contribution in [3.63, 3.8) is 0 Å². The molecule has 1 aromatic rings. The minimum atomic E-state index is 1.12. The number of likely N-dealkylation sites (tertiary alicyclic amines) is 1. The fourth-order valence-electron chi connectivity index (χ4n) is 1.60. The average molecular weight is 240 g/mol. The second-order valence-electron chi connectivity index (χ2n) is 3.65. The Morgan fingerprint density at radius 2 is 2.15 bits per heavy atom. The molecular formula is C11H14BrN. The van der Waals surface area contributed by atoms with Crippen LogP contribution in [-0.4, -0.2) is 18.0 Å². The summed E-state index contributed by atoms with van der Waals surface area (Å²) in [5, 5.41) is 0. The fourth-order valence-corrected chi connectivity index (χ4v) is 2.01. The van der Waals surface area contributed by atoms with Crippen LogP contribution >= 0.6 is 15.9 Å². The van der Waals surface area contributed by atoms with Gasteiger partial charge in [-0.1, -0.05) is 28.1 Å². The maximum Gasteiger partial charge on any atom is 0.0236 e. The lowest BCUT2D eigenvalue weighted by molar-refractivity contribution is 0.172. The zero-order chi connectivity index (χ0) is 9.26. The molecule has 2 rings (SSSR count). The molecule has 0 unspecified atom stereocenters. The molecule has 13 heavy (non-hydrogen) atoms. The number of benzene rings is 1. The van der Waals surface area contributed by atoms with Gasteiger partial charge in [0.1, 0.15) is 0 Å². The first-order valence-electron chi connectivity index (χ1n) is 4.74. The second-order valence-corrected chi connectivity index (χ2v) is 4.51. The molecule has 0 N–H and O–H groups in total. The number of halogens is 1. The van der Waals surface area contributed by atoms with Crippen LogP contribution in [0.4, 0.5) is 0 Å². The Morgan fingerprint density at radius 1 is 1.38 bits per heavy atom. The summed E-state index contributed by atoms with van der Waals surface area (Å²) in [5.74, 6) is 0. The van der Waals surface area contributed by atoms with Crippen molar-refractivity contribution in [2.75, 3.05) is 13.1 Å². The lowest BCUT2D eigenvalue weighted by atomic mass is 10.1. The summed E-state index contributed by atoms with van der Waals surface area (Å²) >= 11 is 3.56. The number of rotatable bonds is 2. The van der Waals surface area contributed by atoms with Crippen LogP contribution in [0.15, 0.2) is 22.7 Å². The molecule has 1 heterocycles. The van der Waals surface area contributed by atoms with Crippen LogP contribution < -0.4 is 0 Å². The third-order valence-electron chi connectivity index (χ3n) is 2.72. The van der Waals surface area contributed by atoms with Crippen molar-refractivity contribution in [2.45, 2.75) is 19.9 Å². The van der Waals surface area contributed by atoms with Crippen LogP contribution in [0.1, 0.15) is 17.5 Å². The van der Waals surface area contributed by atoms with Gasteiger partial charge < -0.3 is 0 Å². The number of hydrogen-bond acceptors (Lipinski definition) is 1. The lowest BCUT2D eigenvalue weighted by Gasteiger charge is -2.31. The standard InChI is InChI=1S/C11H14BrN/c1-9-10(4-2-5-11(9)12)8-13-6-3-7-13/h2,4-5H,3,6-8H2,1H3. The Kier molecular flexibility index (Phi) is 2.70. The molecule has 1 aliphatic heterocycles. The Bertz CT molecular complexity index is 305. The predicted octanol–water partition coefficient (Wildman–Crippen LogP) is 2.96. The topological polar surface area (TPSA) is 3.24 Å². The van der Waals surface area contributed by atoms with Gasteiger partial charge >= 0.3 is 0 Å². The molecule has 1 fully saturated rings. The summed E-state index contributed by atoms with van der Waals surface area (Å²) < 4.78 is 1.23. The van der Waals surface area contributed by atoms with Gasteiger partial charge in [-0.25, -0.2) is 0 Å². The fraction of sp³-hybridized carbons (Fsp3) is 0.455. The van der Waals surface area contributed by atoms with E-state index in [0.29, 0.717) is 0 Å². The second kappa shape index (κ2) is 3.81. The van der Waals surface area contributed by atoms with Crippen molar-refractivity contribution in [3.8, 4) is 0 Å². The smallest absolute Gasteiger partial charge is 0.0236 e. The van der Waals surface area contributed by atoms with Gasteiger partial charge in [-0.3, -0.25) is 4.90 Å². The first-order valence-corrected chi connectivity index (χ1v) is 5.53. The molecule has 0 radical (unpaired) electrons. The first-order chi connectivity index (χ1) is 6.27. The summed E-state index contributed by atoms with van der Waals surface area (Å²) in [6.45, 7) is 5.84. The van der Waals surface area contributed by atoms with Gasteiger partial charge in [0.05, 0.1) is 0 Å². The third kappa shape index (κ3) is 1.94. The van der Waals surface area contributed by atoms with E-state index in [0.717, 1.165) is 6.54 Å². The molecule has 70 valence electrons. The van der Waals surface area contributed by atoms with E-state index >= 15 is 0 Å². The van der Waals surface area contributed by atoms with E-state index in [9.17, 15) is 0 Å². The molecule has 2 heteroatoms. The molecule has 0 saturated carbocycles. The molecule has 0 spiro atoms. The van der Waals surface area contributed by atoms with Gasteiger partial charge in [-0.05, 0) is 43.6 Å². The lowest BCUT2D eigenvalue weighted by Crippen LogP contribution is -2.36. The maximum absolute atomic E-state index is 3.56. The van der Waals surface area contributed by atoms with Crippen molar-refractivity contribution in [3.05, 3.63) is 33.8 Å². The van der Waals surface area contributed by atoms with Crippen molar-refractivity contribution in [1.82, 2.24) is 4.90 Å². The monoisotopic (exact) mass is 239 g/mol. The maximum atomic E-state index is 3.56. The highest BCUT2D eigenvalue weighted by Crippen LogP contribution is 2.22. The normalized spacial score (nSPS) is 17.1. The van der Waals surface area contributed by atoms with E-state index < -0.39 is 0 Å². The molecule has 1 aliphatic rings. The van der Waals surface area contributed by atoms with Crippen molar-refractivity contribution < 1.29 is 0 Å². The molecule has 0 aromatic heterocycles. The zero-order valence-corrected chi connectivity index (χ0v) is 9.47. The zero-order valence-electron chi connectivity index (χ0n) is 7.89. The summed E-state index contributed by atoms with van der Waals surface area (Å²) in [7, 11) is 0. The van der Waals surface area contributed by atoms with E-state index in [-0.39, 0.29) is 0 Å². The van der Waals surface area contributed by atoms with Gasteiger partial charge in [0, 0.05) is 11.0 Å². The Morgan fingerprint density at radius 3 is 2.77 bits per heavy atom. The minimum Gasteiger partial charge on any atom is -0.299 e. The van der Waals surface area contributed by atoms with Crippen LogP contribution in [0, 0.1) is 6.92 Å². The SMILES string of the molecule is Cc1c(Br)cccc1CN1CCC1. The van der Waals surface area contributed by atoms with Gasteiger partial charge in [-0.2, -0.15) is 0 Å². The van der Waals surface area contributed by atoms with Gasteiger partial charge in [0.25, 0.3) is 0 Å². The van der Waals surface area contributed by atoms with Crippen molar-refractivity contribution in [2.24, 2.45) is 0 Å². The average Bonchev–Trinajstić information content (AvgIpc) is 2.04. The highest BCUT2D eigenvalue weighted by Gasteiger charge is 2.14. The largest absolute Gasteiger partial charge is 0.299 e. The summed E-state index contributed by atoms with van der Waals surface area (Å²) in [5.41, 5.74) is 2.84.